The molecular formula is C12H19N. The van der Waals surface area contributed by atoms with E-state index in [0.717, 1.165) is 16.4 Å². The number of rotatable bonds is 1. The van der Waals surface area contributed by atoms with E-state index in [1.54, 1.807) is 0 Å². The molecule has 0 aromatic rings. The SMILES string of the molecule is CC12CC1(N1CCCC3(CC3)C1)C2. The van der Waals surface area contributed by atoms with Crippen LogP contribution in [0.2, 0.25) is 0 Å². The van der Waals surface area contributed by atoms with Crippen LogP contribution in [0.5, 0.6) is 0 Å². The Morgan fingerprint density at radius 1 is 1.08 bits per heavy atom. The predicted molar refractivity (Wildman–Crippen MR) is 52.5 cm³/mol. The first-order valence-electron chi connectivity index (χ1n) is 5.93. The van der Waals surface area contributed by atoms with Gasteiger partial charge in [0.1, 0.15) is 0 Å². The molecule has 0 amide bonds. The second-order valence-corrected chi connectivity index (χ2v) is 6.47. The molecular weight excluding hydrogens is 158 g/mol. The molecule has 1 nitrogen and oxygen atoms in total. The van der Waals surface area contributed by atoms with E-state index in [2.05, 4.69) is 11.8 Å². The van der Waals surface area contributed by atoms with Crippen molar-refractivity contribution in [3.05, 3.63) is 0 Å². The molecule has 0 N–H and O–H groups in total. The lowest BCUT2D eigenvalue weighted by Crippen LogP contribution is -2.41. The number of hydrogen-bond acceptors (Lipinski definition) is 1. The lowest BCUT2D eigenvalue weighted by atomic mass is 9.94. The second kappa shape index (κ2) is 1.71. The zero-order chi connectivity index (χ0) is 8.73. The van der Waals surface area contributed by atoms with Crippen LogP contribution in [0.1, 0.15) is 45.4 Å². The molecule has 0 bridgehead atoms. The molecule has 1 heterocycles. The molecule has 4 aliphatic rings. The Morgan fingerprint density at radius 2 is 1.77 bits per heavy atom. The Labute approximate surface area is 80.5 Å². The standard InChI is InChI=1S/C12H19N/c1-10-7-12(10,8-10)13-6-2-3-11(9-13)4-5-11/h2-9H2,1H3. The molecule has 1 spiro atoms. The molecule has 1 heteroatoms. The van der Waals surface area contributed by atoms with Gasteiger partial charge < -0.3 is 0 Å². The number of piperidine rings is 1. The molecule has 72 valence electrons. The number of nitrogens with zero attached hydrogens (tertiary/aromatic N) is 1. The zero-order valence-electron chi connectivity index (χ0n) is 8.60. The lowest BCUT2D eigenvalue weighted by Gasteiger charge is -2.35. The molecule has 0 atom stereocenters. The molecule has 0 aromatic heterocycles. The maximum Gasteiger partial charge on any atom is 0.0276 e. The van der Waals surface area contributed by atoms with Crippen LogP contribution in [-0.4, -0.2) is 23.5 Å². The van der Waals surface area contributed by atoms with Crippen molar-refractivity contribution >= 4 is 0 Å². The third-order valence-electron chi connectivity index (χ3n) is 5.46. The van der Waals surface area contributed by atoms with Crippen LogP contribution in [0.25, 0.3) is 0 Å². The molecule has 0 aromatic carbocycles. The highest BCUT2D eigenvalue weighted by atomic mass is 15.3. The summed E-state index contributed by atoms with van der Waals surface area (Å²) >= 11 is 0. The highest BCUT2D eigenvalue weighted by molar-refractivity contribution is 5.37. The summed E-state index contributed by atoms with van der Waals surface area (Å²) in [6.07, 6.45) is 9.15. The highest BCUT2D eigenvalue weighted by Gasteiger charge is 2.82. The van der Waals surface area contributed by atoms with Gasteiger partial charge in [-0.3, -0.25) is 4.90 Å². The van der Waals surface area contributed by atoms with E-state index < -0.39 is 0 Å². The van der Waals surface area contributed by atoms with Crippen LogP contribution in [0, 0.1) is 10.8 Å². The maximum absolute atomic E-state index is 2.86. The van der Waals surface area contributed by atoms with Crippen molar-refractivity contribution in [2.75, 3.05) is 13.1 Å². The van der Waals surface area contributed by atoms with Crippen molar-refractivity contribution in [3.63, 3.8) is 0 Å². The summed E-state index contributed by atoms with van der Waals surface area (Å²) in [5.74, 6) is 0. The monoisotopic (exact) mass is 177 g/mol. The molecule has 3 saturated carbocycles. The molecule has 4 fully saturated rings. The van der Waals surface area contributed by atoms with Crippen LogP contribution in [0.15, 0.2) is 0 Å². The van der Waals surface area contributed by atoms with Gasteiger partial charge in [-0.15, -0.1) is 0 Å². The quantitative estimate of drug-likeness (QED) is 0.594. The molecule has 0 radical (unpaired) electrons. The third kappa shape index (κ3) is 0.743. The van der Waals surface area contributed by atoms with E-state index in [1.807, 2.05) is 0 Å². The van der Waals surface area contributed by atoms with Gasteiger partial charge in [0, 0.05) is 12.1 Å². The van der Waals surface area contributed by atoms with Gasteiger partial charge in [-0.05, 0) is 55.9 Å². The molecule has 4 rings (SSSR count). The number of hydrogen-bond donors (Lipinski definition) is 0. The van der Waals surface area contributed by atoms with Crippen molar-refractivity contribution in [2.45, 2.75) is 51.0 Å². The first-order chi connectivity index (χ1) is 6.18. The van der Waals surface area contributed by atoms with E-state index in [1.165, 1.54) is 51.6 Å². The average molecular weight is 177 g/mol. The summed E-state index contributed by atoms with van der Waals surface area (Å²) in [6, 6.07) is 0. The van der Waals surface area contributed by atoms with Gasteiger partial charge in [-0.25, -0.2) is 0 Å². The largest absolute Gasteiger partial charge is 0.297 e. The maximum atomic E-state index is 2.86. The Bertz CT molecular complexity index is 271. The van der Waals surface area contributed by atoms with Crippen molar-refractivity contribution < 1.29 is 0 Å². The van der Waals surface area contributed by atoms with E-state index in [4.69, 9.17) is 0 Å². The minimum Gasteiger partial charge on any atom is -0.297 e. The highest BCUT2D eigenvalue weighted by Crippen LogP contribution is 2.82. The van der Waals surface area contributed by atoms with Crippen molar-refractivity contribution in [1.82, 2.24) is 4.90 Å². The van der Waals surface area contributed by atoms with Gasteiger partial charge in [0.15, 0.2) is 0 Å². The minimum absolute atomic E-state index is 0.753. The van der Waals surface area contributed by atoms with Crippen molar-refractivity contribution in [1.29, 1.82) is 0 Å². The number of fused-ring (bicyclic) bond motifs is 1. The van der Waals surface area contributed by atoms with Crippen molar-refractivity contribution in [3.8, 4) is 0 Å². The summed E-state index contributed by atoms with van der Waals surface area (Å²) in [6.45, 7) is 5.36. The molecule has 13 heavy (non-hydrogen) atoms. The molecule has 1 aliphatic heterocycles. The van der Waals surface area contributed by atoms with E-state index in [9.17, 15) is 0 Å². The fourth-order valence-corrected chi connectivity index (χ4v) is 3.91. The first kappa shape index (κ1) is 7.28. The first-order valence-corrected chi connectivity index (χ1v) is 5.93. The molecule has 1 saturated heterocycles. The molecule has 0 unspecified atom stereocenters. The molecule has 3 aliphatic carbocycles. The van der Waals surface area contributed by atoms with Gasteiger partial charge in [-0.1, -0.05) is 6.92 Å². The van der Waals surface area contributed by atoms with Gasteiger partial charge in [-0.2, -0.15) is 0 Å². The Balaban J connectivity index is 1.56. The van der Waals surface area contributed by atoms with Crippen LogP contribution in [0.4, 0.5) is 0 Å². The summed E-state index contributed by atoms with van der Waals surface area (Å²) in [5.41, 5.74) is 2.38. The van der Waals surface area contributed by atoms with E-state index >= 15 is 0 Å². The Kier molecular flexibility index (Phi) is 0.959. The lowest BCUT2D eigenvalue weighted by molar-refractivity contribution is 0.125. The smallest absolute Gasteiger partial charge is 0.0276 e. The normalized spacial score (nSPS) is 56.1. The summed E-state index contributed by atoms with van der Waals surface area (Å²) in [4.78, 5) is 2.86. The van der Waals surface area contributed by atoms with Gasteiger partial charge in [0.2, 0.25) is 0 Å². The fourth-order valence-electron chi connectivity index (χ4n) is 3.91. The van der Waals surface area contributed by atoms with Crippen LogP contribution >= 0.6 is 0 Å². The van der Waals surface area contributed by atoms with Crippen LogP contribution in [-0.2, 0) is 0 Å². The Hall–Kier alpha value is -0.0400. The topological polar surface area (TPSA) is 3.24 Å². The summed E-state index contributed by atoms with van der Waals surface area (Å²) in [7, 11) is 0. The number of likely N-dealkylation sites (tertiary alicyclic amines) is 1. The zero-order valence-corrected chi connectivity index (χ0v) is 8.60. The van der Waals surface area contributed by atoms with E-state index in [-0.39, 0.29) is 0 Å². The summed E-state index contributed by atoms with van der Waals surface area (Å²) in [5, 5.41) is 0. The fraction of sp³-hybridized carbons (Fsp3) is 1.00. The third-order valence-corrected chi connectivity index (χ3v) is 5.46. The minimum atomic E-state index is 0.753. The van der Waals surface area contributed by atoms with Crippen molar-refractivity contribution in [2.24, 2.45) is 10.8 Å². The van der Waals surface area contributed by atoms with Crippen LogP contribution < -0.4 is 0 Å². The van der Waals surface area contributed by atoms with Gasteiger partial charge in [0.05, 0.1) is 0 Å². The second-order valence-electron chi connectivity index (χ2n) is 6.47. The average Bonchev–Trinajstić information content (AvgIpc) is 2.95. The predicted octanol–water partition coefficient (Wildman–Crippen LogP) is 2.41. The summed E-state index contributed by atoms with van der Waals surface area (Å²) < 4.78 is 0. The van der Waals surface area contributed by atoms with Gasteiger partial charge in [0.25, 0.3) is 0 Å². The van der Waals surface area contributed by atoms with Gasteiger partial charge >= 0.3 is 0 Å². The van der Waals surface area contributed by atoms with E-state index in [0.29, 0.717) is 0 Å². The Morgan fingerprint density at radius 3 is 2.31 bits per heavy atom. The van der Waals surface area contributed by atoms with Crippen LogP contribution in [0.3, 0.4) is 0 Å².